The number of amides is 1. The quantitative estimate of drug-likeness (QED) is 0.643. The van der Waals surface area contributed by atoms with Crippen molar-refractivity contribution in [3.63, 3.8) is 0 Å². The van der Waals surface area contributed by atoms with Crippen molar-refractivity contribution in [2.24, 2.45) is 0 Å². The van der Waals surface area contributed by atoms with E-state index >= 15 is 0 Å². The van der Waals surface area contributed by atoms with Crippen LogP contribution in [0.4, 0.5) is 0 Å². The molecule has 0 N–H and O–H groups in total. The van der Waals surface area contributed by atoms with Crippen LogP contribution in [0, 0.1) is 0 Å². The number of methoxy groups -OCH3 is 2. The third kappa shape index (κ3) is 4.96. The first-order valence-corrected chi connectivity index (χ1v) is 11.4. The predicted octanol–water partition coefficient (Wildman–Crippen LogP) is 3.33. The molecule has 1 atom stereocenters. The number of nitrogens with zero attached hydrogens (tertiary/aromatic N) is 2. The minimum absolute atomic E-state index is 0.171. The minimum atomic E-state index is 0.171. The smallest absolute Gasteiger partial charge is 0.237 e. The molecule has 0 radical (unpaired) electrons. The van der Waals surface area contributed by atoms with Gasteiger partial charge in [0, 0.05) is 37.7 Å². The SMILES string of the molecule is COc1cc2c(cc1OC)CN(C(=O)CN(Cc1cccs1)C[C@H]1CCCO1)CC2. The Balaban J connectivity index is 1.43. The lowest BCUT2D eigenvalue weighted by Gasteiger charge is -2.32. The summed E-state index contributed by atoms with van der Waals surface area (Å²) in [6, 6.07) is 8.24. The summed E-state index contributed by atoms with van der Waals surface area (Å²) in [5.74, 6) is 1.63. The molecule has 1 aromatic heterocycles. The van der Waals surface area contributed by atoms with Crippen molar-refractivity contribution in [2.75, 3.05) is 40.5 Å². The standard InChI is InChI=1S/C23H30N2O4S/c1-27-21-11-17-7-8-25(13-18(17)12-22(21)28-2)23(26)16-24(14-19-5-3-9-29-19)15-20-6-4-10-30-20/h4,6,10-12,19H,3,5,7-9,13-16H2,1-2H3/t19-/m1/s1. The van der Waals surface area contributed by atoms with Gasteiger partial charge in [0.15, 0.2) is 11.5 Å². The highest BCUT2D eigenvalue weighted by molar-refractivity contribution is 7.09. The van der Waals surface area contributed by atoms with Crippen molar-refractivity contribution < 1.29 is 19.0 Å². The molecule has 6 nitrogen and oxygen atoms in total. The Morgan fingerprint density at radius 1 is 1.27 bits per heavy atom. The number of ether oxygens (including phenoxy) is 3. The molecule has 7 heteroatoms. The van der Waals surface area contributed by atoms with E-state index in [0.717, 1.165) is 56.8 Å². The number of thiophene rings is 1. The number of rotatable bonds is 8. The lowest BCUT2D eigenvalue weighted by Crippen LogP contribution is -2.44. The first kappa shape index (κ1) is 21.2. The van der Waals surface area contributed by atoms with Gasteiger partial charge in [0.1, 0.15) is 0 Å². The second-order valence-corrected chi connectivity index (χ2v) is 8.96. The predicted molar refractivity (Wildman–Crippen MR) is 117 cm³/mol. The van der Waals surface area contributed by atoms with Crippen molar-refractivity contribution in [1.82, 2.24) is 9.80 Å². The van der Waals surface area contributed by atoms with Crippen LogP contribution in [0.15, 0.2) is 29.6 Å². The highest BCUT2D eigenvalue weighted by atomic mass is 32.1. The summed E-state index contributed by atoms with van der Waals surface area (Å²) in [7, 11) is 3.29. The molecule has 4 rings (SSSR count). The van der Waals surface area contributed by atoms with Gasteiger partial charge in [0.25, 0.3) is 0 Å². The van der Waals surface area contributed by atoms with E-state index in [1.165, 1.54) is 10.4 Å². The van der Waals surface area contributed by atoms with Crippen molar-refractivity contribution in [3.05, 3.63) is 45.6 Å². The van der Waals surface area contributed by atoms with Gasteiger partial charge in [-0.3, -0.25) is 9.69 Å². The first-order valence-electron chi connectivity index (χ1n) is 10.5. The fourth-order valence-electron chi connectivity index (χ4n) is 4.27. The summed E-state index contributed by atoms with van der Waals surface area (Å²) in [4.78, 5) is 18.7. The molecule has 1 saturated heterocycles. The summed E-state index contributed by atoms with van der Waals surface area (Å²) in [5, 5.41) is 2.09. The van der Waals surface area contributed by atoms with Crippen LogP contribution in [0.25, 0.3) is 0 Å². The largest absolute Gasteiger partial charge is 0.493 e. The zero-order chi connectivity index (χ0) is 20.9. The fourth-order valence-corrected chi connectivity index (χ4v) is 5.02. The third-order valence-electron chi connectivity index (χ3n) is 5.87. The topological polar surface area (TPSA) is 51.2 Å². The van der Waals surface area contributed by atoms with Crippen LogP contribution in [0.5, 0.6) is 11.5 Å². The van der Waals surface area contributed by atoms with Crippen LogP contribution < -0.4 is 9.47 Å². The number of carbonyl (C=O) groups is 1. The molecule has 0 bridgehead atoms. The van der Waals surface area contributed by atoms with E-state index in [1.54, 1.807) is 25.6 Å². The van der Waals surface area contributed by atoms with E-state index in [-0.39, 0.29) is 12.0 Å². The van der Waals surface area contributed by atoms with Crippen LogP contribution >= 0.6 is 11.3 Å². The van der Waals surface area contributed by atoms with Crippen LogP contribution in [-0.4, -0.2) is 62.3 Å². The van der Waals surface area contributed by atoms with Gasteiger partial charge in [-0.05, 0) is 54.0 Å². The molecule has 2 aromatic rings. The van der Waals surface area contributed by atoms with Crippen LogP contribution in [0.1, 0.15) is 28.8 Å². The molecule has 2 aliphatic heterocycles. The Bertz CT molecular complexity index is 849. The van der Waals surface area contributed by atoms with E-state index in [9.17, 15) is 4.79 Å². The van der Waals surface area contributed by atoms with Crippen molar-refractivity contribution in [3.8, 4) is 11.5 Å². The number of hydrogen-bond donors (Lipinski definition) is 0. The first-order chi connectivity index (χ1) is 14.7. The molecule has 30 heavy (non-hydrogen) atoms. The minimum Gasteiger partial charge on any atom is -0.493 e. The third-order valence-corrected chi connectivity index (χ3v) is 6.74. The number of carbonyl (C=O) groups excluding carboxylic acids is 1. The summed E-state index contributed by atoms with van der Waals surface area (Å²) < 4.78 is 16.7. The van der Waals surface area contributed by atoms with E-state index in [1.807, 2.05) is 17.0 Å². The Morgan fingerprint density at radius 2 is 2.07 bits per heavy atom. The molecule has 0 saturated carbocycles. The molecule has 3 heterocycles. The zero-order valence-electron chi connectivity index (χ0n) is 17.8. The van der Waals surface area contributed by atoms with Crippen molar-refractivity contribution >= 4 is 17.2 Å². The van der Waals surface area contributed by atoms with Gasteiger partial charge in [-0.15, -0.1) is 11.3 Å². The summed E-state index contributed by atoms with van der Waals surface area (Å²) in [6.07, 6.45) is 3.25. The van der Waals surface area contributed by atoms with Gasteiger partial charge in [-0.2, -0.15) is 0 Å². The maximum absolute atomic E-state index is 13.2. The number of benzene rings is 1. The van der Waals surface area contributed by atoms with Crippen LogP contribution in [-0.2, 0) is 29.0 Å². The monoisotopic (exact) mass is 430 g/mol. The lowest BCUT2D eigenvalue weighted by atomic mass is 9.98. The van der Waals surface area contributed by atoms with E-state index < -0.39 is 0 Å². The zero-order valence-corrected chi connectivity index (χ0v) is 18.6. The van der Waals surface area contributed by atoms with E-state index in [0.29, 0.717) is 18.8 Å². The van der Waals surface area contributed by atoms with Gasteiger partial charge in [-0.1, -0.05) is 6.07 Å². The van der Waals surface area contributed by atoms with Crippen molar-refractivity contribution in [1.29, 1.82) is 0 Å². The number of fused-ring (bicyclic) bond motifs is 1. The Morgan fingerprint density at radius 3 is 2.73 bits per heavy atom. The molecule has 0 spiro atoms. The molecular weight excluding hydrogens is 400 g/mol. The molecule has 1 aromatic carbocycles. The maximum atomic E-state index is 13.2. The van der Waals surface area contributed by atoms with Gasteiger partial charge >= 0.3 is 0 Å². The average Bonchev–Trinajstić information content (AvgIpc) is 3.46. The average molecular weight is 431 g/mol. The second kappa shape index (κ2) is 9.81. The summed E-state index contributed by atoms with van der Waals surface area (Å²) in [6.45, 7) is 4.19. The van der Waals surface area contributed by atoms with Crippen LogP contribution in [0.3, 0.4) is 0 Å². The number of hydrogen-bond acceptors (Lipinski definition) is 6. The molecule has 162 valence electrons. The van der Waals surface area contributed by atoms with E-state index in [4.69, 9.17) is 14.2 Å². The molecule has 2 aliphatic rings. The molecule has 0 aliphatic carbocycles. The maximum Gasteiger partial charge on any atom is 0.237 e. The van der Waals surface area contributed by atoms with Crippen LogP contribution in [0.2, 0.25) is 0 Å². The molecular formula is C23H30N2O4S. The second-order valence-electron chi connectivity index (χ2n) is 7.93. The fraction of sp³-hybridized carbons (Fsp3) is 0.522. The highest BCUT2D eigenvalue weighted by Crippen LogP contribution is 2.33. The molecule has 0 unspecified atom stereocenters. The van der Waals surface area contributed by atoms with Crippen molar-refractivity contribution in [2.45, 2.75) is 38.5 Å². The Hall–Kier alpha value is -2.09. The highest BCUT2D eigenvalue weighted by Gasteiger charge is 2.26. The van der Waals surface area contributed by atoms with Gasteiger partial charge < -0.3 is 19.1 Å². The Labute approximate surface area is 182 Å². The lowest BCUT2D eigenvalue weighted by molar-refractivity contribution is -0.133. The van der Waals surface area contributed by atoms with Gasteiger partial charge in [-0.25, -0.2) is 0 Å². The Kier molecular flexibility index (Phi) is 6.92. The van der Waals surface area contributed by atoms with Gasteiger partial charge in [0.2, 0.25) is 5.91 Å². The molecule has 1 amide bonds. The van der Waals surface area contributed by atoms with Gasteiger partial charge in [0.05, 0.1) is 26.9 Å². The summed E-state index contributed by atoms with van der Waals surface area (Å²) >= 11 is 1.74. The van der Waals surface area contributed by atoms with E-state index in [2.05, 4.69) is 22.4 Å². The molecule has 1 fully saturated rings. The normalized spacial score (nSPS) is 18.5. The summed E-state index contributed by atoms with van der Waals surface area (Å²) in [5.41, 5.74) is 2.36.